The number of carbonyl (C=O) groups is 2. The third-order valence-electron chi connectivity index (χ3n) is 6.80. The minimum absolute atomic E-state index is 0.136. The highest BCUT2D eigenvalue weighted by Gasteiger charge is 2.35. The fourth-order valence-corrected chi connectivity index (χ4v) is 4.79. The third-order valence-corrected chi connectivity index (χ3v) is 6.80. The number of ether oxygens (including phenoxy) is 2. The Morgan fingerprint density at radius 3 is 2.44 bits per heavy atom. The Kier molecular flexibility index (Phi) is 8.24. The lowest BCUT2D eigenvalue weighted by molar-refractivity contribution is -0.127. The van der Waals surface area contributed by atoms with Gasteiger partial charge in [0.1, 0.15) is 29.6 Å². The largest absolute Gasteiger partial charge is 0.497 e. The van der Waals surface area contributed by atoms with E-state index in [1.165, 1.54) is 12.0 Å². The van der Waals surface area contributed by atoms with E-state index in [1.807, 2.05) is 85.8 Å². The molecule has 1 heterocycles. The summed E-state index contributed by atoms with van der Waals surface area (Å²) in [6.45, 7) is 2.09. The maximum atomic E-state index is 14.3. The molecule has 0 bridgehead atoms. The topological polar surface area (TPSA) is 98.6 Å². The van der Waals surface area contributed by atoms with E-state index in [9.17, 15) is 9.59 Å². The molecule has 0 aliphatic heterocycles. The SMILES string of the molecule is COc1ccc(OC)c([C@H](C(=O)NCc2ccccc2)N(C(=O)Cn2nnc3ccccc32)c2cccc(C)c2)c1. The fourth-order valence-electron chi connectivity index (χ4n) is 4.79. The smallest absolute Gasteiger partial charge is 0.249 e. The van der Waals surface area contributed by atoms with Gasteiger partial charge < -0.3 is 14.8 Å². The van der Waals surface area contributed by atoms with Gasteiger partial charge in [-0.05, 0) is 60.5 Å². The van der Waals surface area contributed by atoms with E-state index < -0.39 is 6.04 Å². The number of para-hydroxylation sites is 1. The van der Waals surface area contributed by atoms with E-state index in [2.05, 4.69) is 15.6 Å². The molecule has 0 aliphatic rings. The lowest BCUT2D eigenvalue weighted by Gasteiger charge is -2.32. The first-order chi connectivity index (χ1) is 20.0. The minimum atomic E-state index is -1.09. The molecule has 1 aromatic heterocycles. The monoisotopic (exact) mass is 549 g/mol. The maximum Gasteiger partial charge on any atom is 0.249 e. The molecule has 0 radical (unpaired) electrons. The molecule has 5 aromatic rings. The van der Waals surface area contributed by atoms with Gasteiger partial charge in [-0.15, -0.1) is 5.10 Å². The molecule has 0 fully saturated rings. The Labute approximate surface area is 238 Å². The van der Waals surface area contributed by atoms with Crippen LogP contribution >= 0.6 is 0 Å². The molecule has 0 saturated heterocycles. The van der Waals surface area contributed by atoms with Crippen molar-refractivity contribution in [2.45, 2.75) is 26.1 Å². The number of rotatable bonds is 10. The number of amides is 2. The molecule has 0 aliphatic carbocycles. The van der Waals surface area contributed by atoms with Crippen LogP contribution in [0.25, 0.3) is 11.0 Å². The Bertz CT molecular complexity index is 1670. The van der Waals surface area contributed by atoms with Gasteiger partial charge in [0.2, 0.25) is 11.8 Å². The van der Waals surface area contributed by atoms with E-state index >= 15 is 0 Å². The summed E-state index contributed by atoms with van der Waals surface area (Å²) in [5.74, 6) is 0.248. The Morgan fingerprint density at radius 1 is 0.902 bits per heavy atom. The van der Waals surface area contributed by atoms with Gasteiger partial charge >= 0.3 is 0 Å². The minimum Gasteiger partial charge on any atom is -0.497 e. The lowest BCUT2D eigenvalue weighted by Crippen LogP contribution is -2.45. The number of benzene rings is 4. The van der Waals surface area contributed by atoms with Gasteiger partial charge in [-0.25, -0.2) is 4.68 Å². The zero-order valence-electron chi connectivity index (χ0n) is 23.2. The molecule has 4 aromatic carbocycles. The standard InChI is InChI=1S/C32H31N5O4/c1-22-10-9-13-24(18-22)37(30(38)21-36-28-15-8-7-14-27(28)34-35-36)31(26-19-25(40-2)16-17-29(26)41-3)32(39)33-20-23-11-5-4-6-12-23/h4-19,31H,20-21H2,1-3H3,(H,33,39)/t31-/m1/s1. The van der Waals surface area contributed by atoms with Crippen LogP contribution < -0.4 is 19.7 Å². The molecule has 9 heteroatoms. The Balaban J connectivity index is 1.62. The van der Waals surface area contributed by atoms with Crippen molar-refractivity contribution in [2.24, 2.45) is 0 Å². The number of fused-ring (bicyclic) bond motifs is 1. The number of anilines is 1. The number of hydrogen-bond donors (Lipinski definition) is 1. The molecule has 2 amide bonds. The highest BCUT2D eigenvalue weighted by molar-refractivity contribution is 6.02. The number of methoxy groups -OCH3 is 2. The van der Waals surface area contributed by atoms with Crippen LogP contribution in [0.5, 0.6) is 11.5 Å². The van der Waals surface area contributed by atoms with Crippen LogP contribution in [0.2, 0.25) is 0 Å². The van der Waals surface area contributed by atoms with Gasteiger partial charge in [0.05, 0.1) is 19.7 Å². The third kappa shape index (κ3) is 6.04. The molecule has 208 valence electrons. The van der Waals surface area contributed by atoms with E-state index in [0.29, 0.717) is 33.8 Å². The van der Waals surface area contributed by atoms with Gasteiger partial charge in [-0.3, -0.25) is 14.5 Å². The molecule has 41 heavy (non-hydrogen) atoms. The number of nitrogens with zero attached hydrogens (tertiary/aromatic N) is 4. The highest BCUT2D eigenvalue weighted by atomic mass is 16.5. The first-order valence-corrected chi connectivity index (χ1v) is 13.2. The summed E-state index contributed by atoms with van der Waals surface area (Å²) in [4.78, 5) is 30.0. The van der Waals surface area contributed by atoms with Gasteiger partial charge in [-0.2, -0.15) is 0 Å². The van der Waals surface area contributed by atoms with Crippen LogP contribution in [0.15, 0.2) is 97.1 Å². The molecule has 9 nitrogen and oxygen atoms in total. The van der Waals surface area contributed by atoms with Crippen LogP contribution in [0.4, 0.5) is 5.69 Å². The normalized spacial score (nSPS) is 11.6. The maximum absolute atomic E-state index is 14.3. The van der Waals surface area contributed by atoms with Crippen molar-refractivity contribution in [3.05, 3.63) is 114 Å². The van der Waals surface area contributed by atoms with E-state index in [0.717, 1.165) is 11.1 Å². The second-order valence-electron chi connectivity index (χ2n) is 9.55. The molecule has 0 spiro atoms. The van der Waals surface area contributed by atoms with Gasteiger partial charge in [0.25, 0.3) is 0 Å². The summed E-state index contributed by atoms with van der Waals surface area (Å²) in [7, 11) is 3.08. The quantitative estimate of drug-likeness (QED) is 0.268. The predicted molar refractivity (Wildman–Crippen MR) is 157 cm³/mol. The molecule has 0 unspecified atom stereocenters. The van der Waals surface area contributed by atoms with Crippen LogP contribution in [0, 0.1) is 6.92 Å². The molecule has 1 atom stereocenters. The summed E-state index contributed by atoms with van der Waals surface area (Å²) >= 11 is 0. The summed E-state index contributed by atoms with van der Waals surface area (Å²) < 4.78 is 12.7. The Hall–Kier alpha value is -5.18. The number of nitrogens with one attached hydrogen (secondary N) is 1. The number of aromatic nitrogens is 3. The van der Waals surface area contributed by atoms with Gasteiger partial charge in [0, 0.05) is 17.8 Å². The molecule has 1 N–H and O–H groups in total. The average Bonchev–Trinajstić information content (AvgIpc) is 3.41. The number of carbonyl (C=O) groups excluding carboxylic acids is 2. The molecular formula is C32H31N5O4. The second-order valence-corrected chi connectivity index (χ2v) is 9.55. The van der Waals surface area contributed by atoms with Crippen molar-refractivity contribution in [3.63, 3.8) is 0 Å². The average molecular weight is 550 g/mol. The lowest BCUT2D eigenvalue weighted by atomic mass is 10.0. The van der Waals surface area contributed by atoms with Crippen LogP contribution in [0.1, 0.15) is 22.7 Å². The van der Waals surface area contributed by atoms with Gasteiger partial charge in [0.15, 0.2) is 0 Å². The first kappa shape index (κ1) is 27.4. The first-order valence-electron chi connectivity index (χ1n) is 13.2. The van der Waals surface area contributed by atoms with E-state index in [-0.39, 0.29) is 24.9 Å². The fraction of sp³-hybridized carbons (Fsp3) is 0.188. The van der Waals surface area contributed by atoms with Crippen LogP contribution in [0.3, 0.4) is 0 Å². The summed E-state index contributed by atoms with van der Waals surface area (Å²) in [6.07, 6.45) is 0. The second kappa shape index (κ2) is 12.3. The van der Waals surface area contributed by atoms with Crippen molar-refractivity contribution in [3.8, 4) is 11.5 Å². The predicted octanol–water partition coefficient (Wildman–Crippen LogP) is 4.85. The van der Waals surface area contributed by atoms with Crippen molar-refractivity contribution < 1.29 is 19.1 Å². The molecule has 0 saturated carbocycles. The van der Waals surface area contributed by atoms with Crippen molar-refractivity contribution in [1.29, 1.82) is 0 Å². The van der Waals surface area contributed by atoms with Crippen molar-refractivity contribution in [2.75, 3.05) is 19.1 Å². The highest BCUT2D eigenvalue weighted by Crippen LogP contribution is 2.36. The summed E-state index contributed by atoms with van der Waals surface area (Å²) in [5, 5.41) is 11.4. The number of aryl methyl sites for hydroxylation is 1. The summed E-state index contributed by atoms with van der Waals surface area (Å²) in [5.41, 5.74) is 4.30. The zero-order valence-corrected chi connectivity index (χ0v) is 23.2. The van der Waals surface area contributed by atoms with Crippen LogP contribution in [-0.2, 0) is 22.7 Å². The van der Waals surface area contributed by atoms with E-state index in [4.69, 9.17) is 9.47 Å². The van der Waals surface area contributed by atoms with Gasteiger partial charge in [-0.1, -0.05) is 59.8 Å². The van der Waals surface area contributed by atoms with Crippen molar-refractivity contribution in [1.82, 2.24) is 20.3 Å². The zero-order chi connectivity index (χ0) is 28.8. The Morgan fingerprint density at radius 2 is 1.68 bits per heavy atom. The van der Waals surface area contributed by atoms with E-state index in [1.54, 1.807) is 30.0 Å². The number of hydrogen-bond acceptors (Lipinski definition) is 6. The van der Waals surface area contributed by atoms with Crippen molar-refractivity contribution >= 4 is 28.5 Å². The summed E-state index contributed by atoms with van der Waals surface area (Å²) in [6, 6.07) is 28.6. The molecule has 5 rings (SSSR count). The molecular weight excluding hydrogens is 518 g/mol. The van der Waals surface area contributed by atoms with Crippen LogP contribution in [-0.4, -0.2) is 41.0 Å².